The second kappa shape index (κ2) is 8.08. The summed E-state index contributed by atoms with van der Waals surface area (Å²) < 4.78 is 10.7. The minimum absolute atomic E-state index is 0.0141. The fraction of sp³-hybridized carbons (Fsp3) is 0.400. The number of rotatable bonds is 7. The van der Waals surface area contributed by atoms with E-state index in [1.54, 1.807) is 19.2 Å². The first-order valence-electron chi connectivity index (χ1n) is 6.32. The molecule has 1 rings (SSSR count). The zero-order valence-corrected chi connectivity index (χ0v) is 11.8. The summed E-state index contributed by atoms with van der Waals surface area (Å²) >= 11 is 0. The summed E-state index contributed by atoms with van der Waals surface area (Å²) in [7, 11) is 1.60. The molecule has 1 atom stereocenters. The van der Waals surface area contributed by atoms with Crippen LogP contribution in [0.1, 0.15) is 12.5 Å². The lowest BCUT2D eigenvalue weighted by atomic mass is 10.1. The van der Waals surface area contributed by atoms with E-state index in [4.69, 9.17) is 21.6 Å². The molecule has 0 fully saturated rings. The normalized spacial score (nSPS) is 11.3. The maximum atomic E-state index is 11.5. The smallest absolute Gasteiger partial charge is 0.258 e. The van der Waals surface area contributed by atoms with E-state index in [0.717, 1.165) is 11.3 Å². The van der Waals surface area contributed by atoms with E-state index < -0.39 is 0 Å². The molecule has 0 saturated heterocycles. The molecule has 5 nitrogen and oxygen atoms in total. The van der Waals surface area contributed by atoms with Crippen LogP contribution in [-0.4, -0.2) is 32.2 Å². The van der Waals surface area contributed by atoms with Crippen LogP contribution in [-0.2, 0) is 11.2 Å². The van der Waals surface area contributed by atoms with E-state index in [-0.39, 0.29) is 25.1 Å². The van der Waals surface area contributed by atoms with Crippen molar-refractivity contribution in [2.45, 2.75) is 19.4 Å². The molecular weight excluding hydrogens is 256 g/mol. The van der Waals surface area contributed by atoms with E-state index in [2.05, 4.69) is 11.2 Å². The fourth-order valence-corrected chi connectivity index (χ4v) is 1.67. The lowest BCUT2D eigenvalue weighted by Crippen LogP contribution is -2.29. The Morgan fingerprint density at radius 1 is 1.55 bits per heavy atom. The Bertz CT molecular complexity index is 492. The number of nitrogens with one attached hydrogen (secondary N) is 1. The Morgan fingerprint density at radius 3 is 2.90 bits per heavy atom. The lowest BCUT2D eigenvalue weighted by Gasteiger charge is -2.14. The molecule has 3 N–H and O–H groups in total. The van der Waals surface area contributed by atoms with Gasteiger partial charge in [-0.2, -0.15) is 0 Å². The number of hydrogen-bond acceptors (Lipinski definition) is 4. The number of terminal acetylenes is 1. The molecule has 0 heterocycles. The van der Waals surface area contributed by atoms with Crippen LogP contribution in [0.4, 0.5) is 0 Å². The predicted molar refractivity (Wildman–Crippen MR) is 77.7 cm³/mol. The van der Waals surface area contributed by atoms with Gasteiger partial charge in [0.2, 0.25) is 0 Å². The fourth-order valence-electron chi connectivity index (χ4n) is 1.67. The average Bonchev–Trinajstić information content (AvgIpc) is 2.42. The summed E-state index contributed by atoms with van der Waals surface area (Å²) in [5, 5.41) is 2.54. The van der Waals surface area contributed by atoms with Crippen LogP contribution in [0, 0.1) is 12.3 Å². The summed E-state index contributed by atoms with van der Waals surface area (Å²) in [5.41, 5.74) is 6.72. The van der Waals surface area contributed by atoms with Crippen molar-refractivity contribution >= 4 is 5.91 Å². The third-order valence-corrected chi connectivity index (χ3v) is 2.56. The van der Waals surface area contributed by atoms with Gasteiger partial charge >= 0.3 is 0 Å². The summed E-state index contributed by atoms with van der Waals surface area (Å²) in [4.78, 5) is 11.5. The molecule has 0 spiro atoms. The Balaban J connectivity index is 2.73. The van der Waals surface area contributed by atoms with Gasteiger partial charge in [0.15, 0.2) is 6.61 Å². The van der Waals surface area contributed by atoms with Gasteiger partial charge in [-0.15, -0.1) is 6.42 Å². The first kappa shape index (κ1) is 15.9. The molecule has 0 bridgehead atoms. The molecule has 1 unspecified atom stereocenters. The van der Waals surface area contributed by atoms with Crippen molar-refractivity contribution in [3.63, 3.8) is 0 Å². The minimum Gasteiger partial charge on any atom is -0.497 e. The molecule has 1 aromatic carbocycles. The van der Waals surface area contributed by atoms with Gasteiger partial charge in [-0.25, -0.2) is 0 Å². The number of carbonyl (C=O) groups excluding carboxylic acids is 1. The zero-order valence-electron chi connectivity index (χ0n) is 11.8. The first-order valence-corrected chi connectivity index (χ1v) is 6.32. The number of carbonyl (C=O) groups is 1. The monoisotopic (exact) mass is 276 g/mol. The Hall–Kier alpha value is -2.19. The number of hydrogen-bond donors (Lipinski definition) is 2. The third-order valence-electron chi connectivity index (χ3n) is 2.56. The molecule has 0 aromatic heterocycles. The van der Waals surface area contributed by atoms with Crippen LogP contribution < -0.4 is 20.5 Å². The van der Waals surface area contributed by atoms with Gasteiger partial charge in [-0.05, 0) is 37.1 Å². The van der Waals surface area contributed by atoms with Crippen molar-refractivity contribution in [1.82, 2.24) is 5.32 Å². The van der Waals surface area contributed by atoms with Crippen molar-refractivity contribution in [1.29, 1.82) is 0 Å². The first-order chi connectivity index (χ1) is 9.56. The highest BCUT2D eigenvalue weighted by atomic mass is 16.5. The molecule has 108 valence electrons. The quantitative estimate of drug-likeness (QED) is 0.719. The van der Waals surface area contributed by atoms with E-state index in [9.17, 15) is 4.79 Å². The molecule has 0 aliphatic heterocycles. The second-order valence-corrected chi connectivity index (χ2v) is 4.42. The van der Waals surface area contributed by atoms with E-state index in [1.165, 1.54) is 0 Å². The van der Waals surface area contributed by atoms with Crippen LogP contribution in [0.3, 0.4) is 0 Å². The summed E-state index contributed by atoms with van der Waals surface area (Å²) in [6.45, 7) is 2.01. The highest BCUT2D eigenvalue weighted by Crippen LogP contribution is 2.25. The molecule has 20 heavy (non-hydrogen) atoms. The molecule has 1 amide bonds. The molecule has 0 aliphatic rings. The zero-order chi connectivity index (χ0) is 15.0. The van der Waals surface area contributed by atoms with Crippen molar-refractivity contribution < 1.29 is 14.3 Å². The van der Waals surface area contributed by atoms with Crippen molar-refractivity contribution in [2.75, 3.05) is 20.3 Å². The van der Waals surface area contributed by atoms with Crippen LogP contribution in [0.15, 0.2) is 18.2 Å². The number of amides is 1. The topological polar surface area (TPSA) is 73.6 Å². The molecule has 0 saturated carbocycles. The van der Waals surface area contributed by atoms with Crippen molar-refractivity contribution in [2.24, 2.45) is 5.73 Å². The summed E-state index contributed by atoms with van der Waals surface area (Å²) in [5.74, 6) is 3.42. The van der Waals surface area contributed by atoms with Crippen LogP contribution >= 0.6 is 0 Å². The number of nitrogens with two attached hydrogens (primary N) is 1. The van der Waals surface area contributed by atoms with Gasteiger partial charge in [0.1, 0.15) is 11.5 Å². The van der Waals surface area contributed by atoms with E-state index >= 15 is 0 Å². The standard InChI is InChI=1S/C15H20N2O3/c1-4-7-17-15(18)10-20-14-6-5-13(19-3)9-12(14)8-11(2)16/h1,5-6,9,11H,7-8,10,16H2,2-3H3,(H,17,18). The summed E-state index contributed by atoms with van der Waals surface area (Å²) in [6.07, 6.45) is 5.70. The Labute approximate surface area is 119 Å². The van der Waals surface area contributed by atoms with Crippen LogP contribution in [0.2, 0.25) is 0 Å². The van der Waals surface area contributed by atoms with Crippen molar-refractivity contribution in [3.8, 4) is 23.8 Å². The Morgan fingerprint density at radius 2 is 2.30 bits per heavy atom. The highest BCUT2D eigenvalue weighted by Gasteiger charge is 2.10. The van der Waals surface area contributed by atoms with Gasteiger partial charge in [-0.1, -0.05) is 5.92 Å². The number of methoxy groups -OCH3 is 1. The molecule has 0 aliphatic carbocycles. The van der Waals surface area contributed by atoms with Gasteiger partial charge in [-0.3, -0.25) is 4.79 Å². The van der Waals surface area contributed by atoms with Gasteiger partial charge in [0, 0.05) is 6.04 Å². The Kier molecular flexibility index (Phi) is 6.41. The van der Waals surface area contributed by atoms with Gasteiger partial charge in [0.25, 0.3) is 5.91 Å². The largest absolute Gasteiger partial charge is 0.497 e. The maximum absolute atomic E-state index is 11.5. The van der Waals surface area contributed by atoms with Crippen LogP contribution in [0.5, 0.6) is 11.5 Å². The SMILES string of the molecule is C#CCNC(=O)COc1ccc(OC)cc1CC(C)N. The average molecular weight is 276 g/mol. The predicted octanol–water partition coefficient (Wildman–Crippen LogP) is 0.713. The molecule has 5 heteroatoms. The van der Waals surface area contributed by atoms with E-state index in [0.29, 0.717) is 12.2 Å². The van der Waals surface area contributed by atoms with Gasteiger partial charge < -0.3 is 20.5 Å². The third kappa shape index (κ3) is 5.21. The number of benzene rings is 1. The lowest BCUT2D eigenvalue weighted by molar-refractivity contribution is -0.122. The highest BCUT2D eigenvalue weighted by molar-refractivity contribution is 5.77. The second-order valence-electron chi connectivity index (χ2n) is 4.42. The van der Waals surface area contributed by atoms with Gasteiger partial charge in [0.05, 0.1) is 13.7 Å². The molecule has 1 aromatic rings. The minimum atomic E-state index is -0.259. The van der Waals surface area contributed by atoms with E-state index in [1.807, 2.05) is 13.0 Å². The number of ether oxygens (including phenoxy) is 2. The van der Waals surface area contributed by atoms with Crippen molar-refractivity contribution in [3.05, 3.63) is 23.8 Å². The molecular formula is C15H20N2O3. The summed E-state index contributed by atoms with van der Waals surface area (Å²) in [6, 6.07) is 5.39. The van der Waals surface area contributed by atoms with Crippen LogP contribution in [0.25, 0.3) is 0 Å². The molecule has 0 radical (unpaired) electrons. The maximum Gasteiger partial charge on any atom is 0.258 e.